The minimum Gasteiger partial charge on any atom is -0.494 e. The molecule has 5 rings (SSSR count). The van der Waals surface area contributed by atoms with E-state index in [1.54, 1.807) is 92.9 Å². The highest BCUT2D eigenvalue weighted by atomic mass is 16.7. The molecular formula is C67H84O15. The van der Waals surface area contributed by atoms with Gasteiger partial charge in [0.1, 0.15) is 36.4 Å². The summed E-state index contributed by atoms with van der Waals surface area (Å²) < 4.78 is 53.1. The Labute approximate surface area is 485 Å². The number of methoxy groups -OCH3 is 3. The molecule has 0 amide bonds. The lowest BCUT2D eigenvalue weighted by atomic mass is 9.96. The quantitative estimate of drug-likeness (QED) is 0.00697. The summed E-state index contributed by atoms with van der Waals surface area (Å²) in [6.45, 7) is 17.0. The van der Waals surface area contributed by atoms with Crippen LogP contribution in [0.25, 0.3) is 5.76 Å². The molecule has 0 saturated heterocycles. The molecule has 0 saturated carbocycles. The second-order valence-corrected chi connectivity index (χ2v) is 18.7. The number of ether oxygens (including phenoxy) is 10. The van der Waals surface area contributed by atoms with Crippen LogP contribution in [-0.2, 0) is 48.5 Å². The molecule has 15 heteroatoms. The lowest BCUT2D eigenvalue weighted by Gasteiger charge is -2.29. The molecule has 0 heterocycles. The van der Waals surface area contributed by atoms with Crippen LogP contribution in [0.4, 0.5) is 0 Å². The summed E-state index contributed by atoms with van der Waals surface area (Å²) in [6.07, 6.45) is 18.9. The van der Waals surface area contributed by atoms with E-state index >= 15 is 0 Å². The van der Waals surface area contributed by atoms with Crippen LogP contribution in [0, 0.1) is 6.92 Å². The molecule has 0 spiro atoms. The fourth-order valence-corrected chi connectivity index (χ4v) is 7.93. The lowest BCUT2D eigenvalue weighted by molar-refractivity contribution is -0.176. The molecule has 0 unspecified atom stereocenters. The summed E-state index contributed by atoms with van der Waals surface area (Å²) in [5.41, 5.74) is 3.29. The van der Waals surface area contributed by atoms with Gasteiger partial charge in [0.05, 0.1) is 37.6 Å². The minimum absolute atomic E-state index is 0.189. The van der Waals surface area contributed by atoms with Gasteiger partial charge in [0, 0.05) is 50.2 Å². The van der Waals surface area contributed by atoms with E-state index in [1.807, 2.05) is 48.5 Å². The van der Waals surface area contributed by atoms with E-state index in [1.165, 1.54) is 78.1 Å². The zero-order chi connectivity index (χ0) is 59.6. The van der Waals surface area contributed by atoms with Crippen molar-refractivity contribution in [1.82, 2.24) is 0 Å². The van der Waals surface area contributed by atoms with Crippen LogP contribution in [-0.4, -0.2) is 90.8 Å². The predicted octanol–water partition coefficient (Wildman–Crippen LogP) is 14.4. The molecule has 0 aliphatic rings. The van der Waals surface area contributed by atoms with E-state index in [0.29, 0.717) is 83.9 Å². The zero-order valence-electron chi connectivity index (χ0n) is 48.7. The molecule has 5 aromatic carbocycles. The van der Waals surface area contributed by atoms with Gasteiger partial charge < -0.3 is 47.4 Å². The van der Waals surface area contributed by atoms with Gasteiger partial charge in [-0.15, -0.1) is 0 Å². The van der Waals surface area contributed by atoms with Crippen molar-refractivity contribution in [3.05, 3.63) is 193 Å². The van der Waals surface area contributed by atoms with E-state index < -0.39 is 23.7 Å². The maximum absolute atomic E-state index is 12.7. The highest BCUT2D eigenvalue weighted by molar-refractivity contribution is 6.02. The molecule has 0 bridgehead atoms. The molecule has 442 valence electrons. The summed E-state index contributed by atoms with van der Waals surface area (Å²) >= 11 is 0. The van der Waals surface area contributed by atoms with Gasteiger partial charge in [-0.25, -0.2) is 19.2 Å². The van der Waals surface area contributed by atoms with Crippen LogP contribution in [0.2, 0.25) is 0 Å². The topological polar surface area (TPSA) is 178 Å². The number of carbonyl (C=O) groups is 5. The second-order valence-electron chi connectivity index (χ2n) is 18.7. The summed E-state index contributed by atoms with van der Waals surface area (Å²) in [5, 5.41) is 0. The Bertz CT molecular complexity index is 2640. The fourth-order valence-electron chi connectivity index (χ4n) is 7.93. The normalized spacial score (nSPS) is 10.6. The van der Waals surface area contributed by atoms with Crippen molar-refractivity contribution in [1.29, 1.82) is 0 Å². The number of unbranched alkanes of at least 4 members (excludes halogenated alkanes) is 12. The predicted molar refractivity (Wildman–Crippen MR) is 318 cm³/mol. The Balaban J connectivity index is 0.000000398. The Morgan fingerprint density at radius 1 is 0.488 bits per heavy atom. The van der Waals surface area contributed by atoms with E-state index in [9.17, 15) is 24.0 Å². The average Bonchev–Trinajstić information content (AvgIpc) is 3.55. The largest absolute Gasteiger partial charge is 0.494 e. The first kappa shape index (κ1) is 68.6. The van der Waals surface area contributed by atoms with Crippen molar-refractivity contribution in [3.63, 3.8) is 0 Å². The molecule has 0 aromatic heterocycles. The molecule has 0 aliphatic carbocycles. The highest BCUT2D eigenvalue weighted by Gasteiger charge is 2.41. The Morgan fingerprint density at radius 2 is 0.963 bits per heavy atom. The summed E-state index contributed by atoms with van der Waals surface area (Å²) in [6, 6.07) is 36.4. The Kier molecular flexibility index (Phi) is 34.6. The van der Waals surface area contributed by atoms with Crippen molar-refractivity contribution < 1.29 is 71.3 Å². The van der Waals surface area contributed by atoms with Crippen molar-refractivity contribution in [2.24, 2.45) is 0 Å². The maximum Gasteiger partial charge on any atom is 0.343 e. The van der Waals surface area contributed by atoms with Crippen molar-refractivity contribution in [2.75, 3.05) is 61.2 Å². The highest BCUT2D eigenvalue weighted by Crippen LogP contribution is 2.31. The molecule has 0 atom stereocenters. The standard InChI is InChI=1S/C36H40O10.C16H16O3.C15H28O2/c1-5-34(37)44-21-9-7-6-8-20-43-31-16-14-30(15-17-31)36(39)46-33-19-18-32(24-26(33)2)45-35(38)29-12-10-28(11-13-29)27(3)42-23-22-41-25-40-4;1-18-16(19-2,14-11-7-4-8-12-14)15(17)13-9-5-3-6-10-13;1-3-5-6-7-8-9-10-11-12-13-14-17-15(16)4-2/h5,10-19,24H,1,3,6-9,20-23,25H2,2,4H3;3-12H,1-2H3;4H,2-3,5-14H2,1H3. The van der Waals surface area contributed by atoms with E-state index in [4.69, 9.17) is 47.4 Å². The molecule has 0 aliphatic heterocycles. The Hall–Kier alpha value is -7.69. The number of hydrogen-bond acceptors (Lipinski definition) is 15. The number of hydrogen-bond donors (Lipinski definition) is 0. The van der Waals surface area contributed by atoms with Crippen LogP contribution in [0.1, 0.15) is 145 Å². The second kappa shape index (κ2) is 41.3. The summed E-state index contributed by atoms with van der Waals surface area (Å²) in [5.74, 6) is -1.63. The summed E-state index contributed by atoms with van der Waals surface area (Å²) in [4.78, 5) is 59.9. The van der Waals surface area contributed by atoms with Gasteiger partial charge in [0.15, 0.2) is 0 Å². The van der Waals surface area contributed by atoms with Crippen molar-refractivity contribution in [2.45, 2.75) is 110 Å². The van der Waals surface area contributed by atoms with Gasteiger partial charge in [-0.1, -0.05) is 157 Å². The fraction of sp³-hybridized carbons (Fsp3) is 0.388. The number of benzene rings is 5. The van der Waals surface area contributed by atoms with Crippen LogP contribution in [0.15, 0.2) is 159 Å². The number of Topliss-reactive ketones (excluding diaryl/α,β-unsaturated/α-hetero) is 1. The van der Waals surface area contributed by atoms with Crippen molar-refractivity contribution >= 4 is 35.4 Å². The first-order valence-corrected chi connectivity index (χ1v) is 28.0. The number of aryl methyl sites for hydroxylation is 1. The van der Waals surface area contributed by atoms with E-state index in [2.05, 4.69) is 26.7 Å². The number of rotatable bonds is 37. The van der Waals surface area contributed by atoms with Crippen LogP contribution in [0.3, 0.4) is 0 Å². The SMILES string of the molecule is C=CC(=O)OCCCCCCCCCCCC.C=CC(=O)OCCCCCCOc1ccc(C(=O)Oc2ccc(OC(=O)c3ccc(C(=C)OCCOCOC)cc3)cc2C)cc1.COC(OC)(C(=O)c1ccccc1)c1ccccc1. The first-order valence-electron chi connectivity index (χ1n) is 28.0. The third-order valence-corrected chi connectivity index (χ3v) is 12.5. The number of ketones is 1. The van der Waals surface area contributed by atoms with E-state index in [0.717, 1.165) is 43.7 Å². The third kappa shape index (κ3) is 26.3. The maximum atomic E-state index is 12.7. The number of carbonyl (C=O) groups excluding carboxylic acids is 5. The molecule has 0 fully saturated rings. The third-order valence-electron chi connectivity index (χ3n) is 12.5. The average molecular weight is 1130 g/mol. The smallest absolute Gasteiger partial charge is 0.343 e. The first-order chi connectivity index (χ1) is 39.8. The minimum atomic E-state index is -1.40. The molecule has 0 radical (unpaired) electrons. The molecule has 82 heavy (non-hydrogen) atoms. The van der Waals surface area contributed by atoms with Gasteiger partial charge in [-0.3, -0.25) is 4.79 Å². The monoisotopic (exact) mass is 1130 g/mol. The zero-order valence-corrected chi connectivity index (χ0v) is 48.7. The molecule has 15 nitrogen and oxygen atoms in total. The van der Waals surface area contributed by atoms with Crippen LogP contribution >= 0.6 is 0 Å². The van der Waals surface area contributed by atoms with Gasteiger partial charge in [-0.05, 0) is 99.2 Å². The van der Waals surface area contributed by atoms with Gasteiger partial charge in [0.25, 0.3) is 5.79 Å². The Morgan fingerprint density at radius 3 is 1.48 bits per heavy atom. The number of esters is 4. The van der Waals surface area contributed by atoms with Crippen LogP contribution in [0.5, 0.6) is 17.2 Å². The van der Waals surface area contributed by atoms with Crippen molar-refractivity contribution in [3.8, 4) is 17.2 Å². The molecular weight excluding hydrogens is 1040 g/mol. The molecule has 5 aromatic rings. The summed E-state index contributed by atoms with van der Waals surface area (Å²) in [7, 11) is 4.48. The van der Waals surface area contributed by atoms with Gasteiger partial charge >= 0.3 is 23.9 Å². The van der Waals surface area contributed by atoms with Gasteiger partial charge in [-0.2, -0.15) is 0 Å². The molecule has 0 N–H and O–H groups in total. The van der Waals surface area contributed by atoms with Crippen LogP contribution < -0.4 is 14.2 Å². The van der Waals surface area contributed by atoms with E-state index in [-0.39, 0.29) is 18.5 Å². The van der Waals surface area contributed by atoms with Gasteiger partial charge in [0.2, 0.25) is 5.78 Å². The lowest BCUT2D eigenvalue weighted by Crippen LogP contribution is -2.39.